The van der Waals surface area contributed by atoms with Gasteiger partial charge < -0.3 is 15.1 Å². The SMILES string of the molecule is CN=C(NCC1CCN(CCc2ccccc2)C1)N1CCC(CC(C)C)C1.I. The molecule has 2 fully saturated rings. The number of nitrogens with zero attached hydrogens (tertiary/aromatic N) is 3. The molecule has 0 radical (unpaired) electrons. The van der Waals surface area contributed by atoms with Crippen molar-refractivity contribution in [3.05, 3.63) is 35.9 Å². The molecule has 2 saturated heterocycles. The number of benzene rings is 1. The van der Waals surface area contributed by atoms with Crippen LogP contribution in [-0.4, -0.2) is 62.1 Å². The summed E-state index contributed by atoms with van der Waals surface area (Å²) in [5.74, 6) is 3.49. The highest BCUT2D eigenvalue weighted by Gasteiger charge is 2.27. The van der Waals surface area contributed by atoms with E-state index in [0.717, 1.165) is 43.2 Å². The molecule has 4 nitrogen and oxygen atoms in total. The van der Waals surface area contributed by atoms with Crippen LogP contribution in [-0.2, 0) is 6.42 Å². The second kappa shape index (κ2) is 12.0. The molecular formula is C23H39IN4. The summed E-state index contributed by atoms with van der Waals surface area (Å²) < 4.78 is 0. The van der Waals surface area contributed by atoms with Gasteiger partial charge in [-0.05, 0) is 55.5 Å². The minimum atomic E-state index is 0. The summed E-state index contributed by atoms with van der Waals surface area (Å²) in [4.78, 5) is 9.65. The Morgan fingerprint density at radius 1 is 1.11 bits per heavy atom. The van der Waals surface area contributed by atoms with E-state index in [0.29, 0.717) is 0 Å². The largest absolute Gasteiger partial charge is 0.356 e. The lowest BCUT2D eigenvalue weighted by Crippen LogP contribution is -2.42. The zero-order chi connectivity index (χ0) is 19.1. The van der Waals surface area contributed by atoms with Crippen molar-refractivity contribution in [2.45, 2.75) is 39.5 Å². The smallest absolute Gasteiger partial charge is 0.193 e. The van der Waals surface area contributed by atoms with Gasteiger partial charge in [0.05, 0.1) is 0 Å². The lowest BCUT2D eigenvalue weighted by atomic mass is 9.97. The Morgan fingerprint density at radius 3 is 2.57 bits per heavy atom. The summed E-state index contributed by atoms with van der Waals surface area (Å²) in [7, 11) is 1.93. The highest BCUT2D eigenvalue weighted by Crippen LogP contribution is 2.23. The van der Waals surface area contributed by atoms with Crippen molar-refractivity contribution < 1.29 is 0 Å². The van der Waals surface area contributed by atoms with Gasteiger partial charge in [-0.15, -0.1) is 24.0 Å². The van der Waals surface area contributed by atoms with Gasteiger partial charge in [0, 0.05) is 39.8 Å². The third-order valence-corrected chi connectivity index (χ3v) is 6.08. The maximum Gasteiger partial charge on any atom is 0.193 e. The average Bonchev–Trinajstić information content (AvgIpc) is 3.31. The number of likely N-dealkylation sites (tertiary alicyclic amines) is 2. The summed E-state index contributed by atoms with van der Waals surface area (Å²) in [6.45, 7) is 11.7. The van der Waals surface area contributed by atoms with Gasteiger partial charge in [-0.3, -0.25) is 4.99 Å². The first-order chi connectivity index (χ1) is 13.1. The molecule has 2 heterocycles. The quantitative estimate of drug-likeness (QED) is 0.349. The fourth-order valence-electron chi connectivity index (χ4n) is 4.67. The number of hydrogen-bond acceptors (Lipinski definition) is 2. The van der Waals surface area contributed by atoms with Crippen LogP contribution in [0.3, 0.4) is 0 Å². The Morgan fingerprint density at radius 2 is 1.86 bits per heavy atom. The average molecular weight is 498 g/mol. The minimum absolute atomic E-state index is 0. The van der Waals surface area contributed by atoms with E-state index < -0.39 is 0 Å². The van der Waals surface area contributed by atoms with Crippen LogP contribution in [0.4, 0.5) is 0 Å². The third kappa shape index (κ3) is 7.21. The number of nitrogens with one attached hydrogen (secondary N) is 1. The van der Waals surface area contributed by atoms with Gasteiger partial charge in [0.1, 0.15) is 0 Å². The number of guanidine groups is 1. The number of halogens is 1. The van der Waals surface area contributed by atoms with E-state index >= 15 is 0 Å². The summed E-state index contributed by atoms with van der Waals surface area (Å²) in [6, 6.07) is 10.9. The van der Waals surface area contributed by atoms with E-state index in [4.69, 9.17) is 0 Å². The molecule has 2 atom stereocenters. The molecule has 1 aromatic rings. The van der Waals surface area contributed by atoms with Crippen LogP contribution < -0.4 is 5.32 Å². The fraction of sp³-hybridized carbons (Fsp3) is 0.696. The molecule has 3 rings (SSSR count). The van der Waals surface area contributed by atoms with Gasteiger partial charge in [-0.2, -0.15) is 0 Å². The normalized spacial score (nSPS) is 23.3. The van der Waals surface area contributed by atoms with Crippen LogP contribution in [0, 0.1) is 17.8 Å². The van der Waals surface area contributed by atoms with Gasteiger partial charge in [0.15, 0.2) is 5.96 Å². The minimum Gasteiger partial charge on any atom is -0.356 e. The Bertz CT molecular complexity index is 590. The topological polar surface area (TPSA) is 30.9 Å². The van der Waals surface area contributed by atoms with Crippen molar-refractivity contribution in [3.8, 4) is 0 Å². The van der Waals surface area contributed by atoms with Gasteiger partial charge in [0.2, 0.25) is 0 Å². The van der Waals surface area contributed by atoms with Gasteiger partial charge in [-0.25, -0.2) is 0 Å². The lowest BCUT2D eigenvalue weighted by molar-refractivity contribution is 0.327. The first kappa shape index (κ1) is 23.5. The Hall–Kier alpha value is -0.820. The van der Waals surface area contributed by atoms with Crippen LogP contribution in [0.15, 0.2) is 35.3 Å². The maximum atomic E-state index is 4.56. The van der Waals surface area contributed by atoms with E-state index in [-0.39, 0.29) is 24.0 Å². The van der Waals surface area contributed by atoms with Crippen LogP contribution in [0.2, 0.25) is 0 Å². The molecule has 0 saturated carbocycles. The van der Waals surface area contributed by atoms with E-state index in [1.165, 1.54) is 51.0 Å². The summed E-state index contributed by atoms with van der Waals surface area (Å²) in [5.41, 5.74) is 1.45. The molecule has 0 aliphatic carbocycles. The number of rotatable bonds is 7. The molecular weight excluding hydrogens is 459 g/mol. The van der Waals surface area contributed by atoms with Crippen LogP contribution in [0.25, 0.3) is 0 Å². The monoisotopic (exact) mass is 498 g/mol. The van der Waals surface area contributed by atoms with Crippen molar-refractivity contribution in [2.24, 2.45) is 22.7 Å². The third-order valence-electron chi connectivity index (χ3n) is 6.08. The molecule has 1 aromatic carbocycles. The fourth-order valence-corrected chi connectivity index (χ4v) is 4.67. The zero-order valence-corrected chi connectivity index (χ0v) is 20.3. The second-order valence-corrected chi connectivity index (χ2v) is 8.85. The van der Waals surface area contributed by atoms with Crippen LogP contribution in [0.1, 0.15) is 38.7 Å². The van der Waals surface area contributed by atoms with Crippen molar-refractivity contribution in [1.82, 2.24) is 15.1 Å². The van der Waals surface area contributed by atoms with Crippen LogP contribution >= 0.6 is 24.0 Å². The lowest BCUT2D eigenvalue weighted by Gasteiger charge is -2.23. The molecule has 2 aliphatic heterocycles. The molecule has 0 aromatic heterocycles. The highest BCUT2D eigenvalue weighted by atomic mass is 127. The Balaban J connectivity index is 0.00000280. The maximum absolute atomic E-state index is 4.56. The van der Waals surface area contributed by atoms with Crippen LogP contribution in [0.5, 0.6) is 0 Å². The number of hydrogen-bond donors (Lipinski definition) is 1. The first-order valence-electron chi connectivity index (χ1n) is 10.9. The van der Waals surface area contributed by atoms with E-state index in [2.05, 4.69) is 64.3 Å². The molecule has 158 valence electrons. The Kier molecular flexibility index (Phi) is 10.1. The molecule has 1 N–H and O–H groups in total. The summed E-state index contributed by atoms with van der Waals surface area (Å²) in [6.07, 6.45) is 5.12. The number of aliphatic imine (C=N–C) groups is 1. The zero-order valence-electron chi connectivity index (χ0n) is 17.9. The molecule has 28 heavy (non-hydrogen) atoms. The first-order valence-corrected chi connectivity index (χ1v) is 10.9. The van der Waals surface area contributed by atoms with Gasteiger partial charge in [0.25, 0.3) is 0 Å². The van der Waals surface area contributed by atoms with Crippen molar-refractivity contribution in [1.29, 1.82) is 0 Å². The van der Waals surface area contributed by atoms with E-state index in [1.807, 2.05) is 7.05 Å². The second-order valence-electron chi connectivity index (χ2n) is 8.85. The highest BCUT2D eigenvalue weighted by molar-refractivity contribution is 14.0. The summed E-state index contributed by atoms with van der Waals surface area (Å²) >= 11 is 0. The Labute approximate surface area is 189 Å². The van der Waals surface area contributed by atoms with Crippen molar-refractivity contribution in [3.63, 3.8) is 0 Å². The molecule has 5 heteroatoms. The van der Waals surface area contributed by atoms with Crippen molar-refractivity contribution in [2.75, 3.05) is 46.3 Å². The standard InChI is InChI=1S/C23H38N4.HI/c1-19(2)15-21-11-14-27(18-21)23(24-3)25-16-22-10-13-26(17-22)12-9-20-7-5-4-6-8-20;/h4-8,19,21-22H,9-18H2,1-3H3,(H,24,25);1H. The van der Waals surface area contributed by atoms with Crippen molar-refractivity contribution >= 4 is 29.9 Å². The molecule has 0 spiro atoms. The predicted molar refractivity (Wildman–Crippen MR) is 131 cm³/mol. The summed E-state index contributed by atoms with van der Waals surface area (Å²) in [5, 5.41) is 3.67. The van der Waals surface area contributed by atoms with Gasteiger partial charge in [-0.1, -0.05) is 44.2 Å². The van der Waals surface area contributed by atoms with E-state index in [9.17, 15) is 0 Å². The molecule has 0 amide bonds. The molecule has 2 unspecified atom stereocenters. The molecule has 0 bridgehead atoms. The molecule has 2 aliphatic rings. The van der Waals surface area contributed by atoms with Gasteiger partial charge >= 0.3 is 0 Å². The van der Waals surface area contributed by atoms with E-state index in [1.54, 1.807) is 0 Å². The predicted octanol–water partition coefficient (Wildman–Crippen LogP) is 4.11.